The molecule has 0 bridgehead atoms. The first-order valence-corrected chi connectivity index (χ1v) is 11.2. The van der Waals surface area contributed by atoms with Gasteiger partial charge < -0.3 is 15.2 Å². The Morgan fingerprint density at radius 1 is 1.06 bits per heavy atom. The standard InChI is InChI=1S/C24H23N3O5S/c1-24(2,21(29)30)13-26-20(28)19-11-25-22(33-19)27-23(31)32-12-18-16-9-5-3-7-14(16)15-8-4-6-10-17(15)18/h3-11,18H,12-13H2,1-2H3,(H,26,28)(H,29,30)(H,25,27,31). The summed E-state index contributed by atoms with van der Waals surface area (Å²) in [5.41, 5.74) is 3.42. The molecule has 4 rings (SSSR count). The van der Waals surface area contributed by atoms with Crippen LogP contribution in [0.15, 0.2) is 54.7 Å². The lowest BCUT2D eigenvalue weighted by molar-refractivity contribution is -0.146. The number of amides is 2. The predicted octanol–water partition coefficient (Wildman–Crippen LogP) is 4.34. The van der Waals surface area contributed by atoms with Gasteiger partial charge in [-0.1, -0.05) is 59.9 Å². The fraction of sp³-hybridized carbons (Fsp3) is 0.250. The van der Waals surface area contributed by atoms with Crippen molar-refractivity contribution in [3.8, 4) is 11.1 Å². The summed E-state index contributed by atoms with van der Waals surface area (Å²) >= 11 is 0.981. The van der Waals surface area contributed by atoms with Crippen LogP contribution in [-0.4, -0.2) is 41.2 Å². The van der Waals surface area contributed by atoms with Crippen LogP contribution in [0.3, 0.4) is 0 Å². The molecule has 1 aliphatic rings. The maximum absolute atomic E-state index is 12.4. The monoisotopic (exact) mass is 465 g/mol. The minimum absolute atomic E-state index is 0.0335. The molecule has 3 aromatic rings. The molecule has 0 saturated carbocycles. The topological polar surface area (TPSA) is 118 Å². The largest absolute Gasteiger partial charge is 0.481 e. The molecule has 9 heteroatoms. The highest BCUT2D eigenvalue weighted by Crippen LogP contribution is 2.44. The van der Waals surface area contributed by atoms with Gasteiger partial charge in [-0.15, -0.1) is 0 Å². The number of carboxylic acids is 1. The van der Waals surface area contributed by atoms with Gasteiger partial charge in [-0.05, 0) is 36.1 Å². The second-order valence-corrected chi connectivity index (χ2v) is 9.38. The molecule has 2 aromatic carbocycles. The molecule has 0 atom stereocenters. The first-order chi connectivity index (χ1) is 15.8. The molecule has 0 aliphatic heterocycles. The summed E-state index contributed by atoms with van der Waals surface area (Å²) < 4.78 is 5.48. The number of fused-ring (bicyclic) bond motifs is 3. The molecule has 0 saturated heterocycles. The highest BCUT2D eigenvalue weighted by Gasteiger charge is 2.30. The van der Waals surface area contributed by atoms with E-state index in [2.05, 4.69) is 27.8 Å². The highest BCUT2D eigenvalue weighted by molar-refractivity contribution is 7.17. The van der Waals surface area contributed by atoms with E-state index in [0.29, 0.717) is 0 Å². The van der Waals surface area contributed by atoms with E-state index in [1.807, 2.05) is 36.4 Å². The number of nitrogens with zero attached hydrogens (tertiary/aromatic N) is 1. The number of benzene rings is 2. The highest BCUT2D eigenvalue weighted by atomic mass is 32.1. The van der Waals surface area contributed by atoms with Crippen molar-refractivity contribution < 1.29 is 24.2 Å². The molecule has 1 heterocycles. The summed E-state index contributed by atoms with van der Waals surface area (Å²) in [6.45, 7) is 3.18. The average Bonchev–Trinajstić information content (AvgIpc) is 3.39. The van der Waals surface area contributed by atoms with Gasteiger partial charge in [0.1, 0.15) is 11.5 Å². The van der Waals surface area contributed by atoms with Crippen molar-refractivity contribution in [1.82, 2.24) is 10.3 Å². The number of hydrogen-bond acceptors (Lipinski definition) is 6. The maximum Gasteiger partial charge on any atom is 0.413 e. The van der Waals surface area contributed by atoms with Crippen molar-refractivity contribution >= 4 is 34.4 Å². The van der Waals surface area contributed by atoms with Gasteiger partial charge in [0.2, 0.25) is 0 Å². The normalized spacial score (nSPS) is 12.5. The second kappa shape index (κ2) is 9.03. The van der Waals surface area contributed by atoms with Gasteiger partial charge in [-0.3, -0.25) is 14.9 Å². The molecule has 0 fully saturated rings. The number of ether oxygens (including phenoxy) is 1. The Labute approximate surface area is 194 Å². The van der Waals surface area contributed by atoms with Crippen molar-refractivity contribution in [3.05, 3.63) is 70.7 Å². The van der Waals surface area contributed by atoms with Crippen LogP contribution in [-0.2, 0) is 9.53 Å². The molecule has 33 heavy (non-hydrogen) atoms. The number of aromatic nitrogens is 1. The summed E-state index contributed by atoms with van der Waals surface area (Å²) in [5.74, 6) is -1.52. The summed E-state index contributed by atoms with van der Waals surface area (Å²) in [7, 11) is 0. The number of aliphatic carboxylic acids is 1. The molecule has 3 N–H and O–H groups in total. The van der Waals surface area contributed by atoms with Crippen molar-refractivity contribution in [2.75, 3.05) is 18.5 Å². The van der Waals surface area contributed by atoms with E-state index in [1.165, 1.54) is 20.0 Å². The lowest BCUT2D eigenvalue weighted by Gasteiger charge is -2.18. The third kappa shape index (κ3) is 4.73. The maximum atomic E-state index is 12.4. The Morgan fingerprint density at radius 2 is 1.67 bits per heavy atom. The average molecular weight is 466 g/mol. The number of hydrogen-bond donors (Lipinski definition) is 3. The van der Waals surface area contributed by atoms with Crippen LogP contribution >= 0.6 is 11.3 Å². The minimum Gasteiger partial charge on any atom is -0.481 e. The van der Waals surface area contributed by atoms with Gasteiger partial charge in [-0.25, -0.2) is 9.78 Å². The van der Waals surface area contributed by atoms with Crippen molar-refractivity contribution in [1.29, 1.82) is 0 Å². The van der Waals surface area contributed by atoms with Gasteiger partial charge in [0.05, 0.1) is 11.6 Å². The predicted molar refractivity (Wildman–Crippen MR) is 125 cm³/mol. The van der Waals surface area contributed by atoms with Crippen LogP contribution in [0.25, 0.3) is 11.1 Å². The van der Waals surface area contributed by atoms with E-state index in [-0.39, 0.29) is 29.1 Å². The summed E-state index contributed by atoms with van der Waals surface area (Å²) in [6, 6.07) is 16.1. The van der Waals surface area contributed by atoms with E-state index < -0.39 is 23.4 Å². The molecule has 0 spiro atoms. The van der Waals surface area contributed by atoms with Gasteiger partial charge in [0, 0.05) is 12.5 Å². The van der Waals surface area contributed by atoms with Crippen molar-refractivity contribution in [2.45, 2.75) is 19.8 Å². The number of thiazole rings is 1. The molecular formula is C24H23N3O5S. The molecule has 1 aliphatic carbocycles. The van der Waals surface area contributed by atoms with Crippen molar-refractivity contribution in [3.63, 3.8) is 0 Å². The van der Waals surface area contributed by atoms with E-state index in [1.54, 1.807) is 0 Å². The molecular weight excluding hydrogens is 442 g/mol. The number of carbonyl (C=O) groups excluding carboxylic acids is 2. The first-order valence-electron chi connectivity index (χ1n) is 10.4. The molecule has 2 amide bonds. The lowest BCUT2D eigenvalue weighted by atomic mass is 9.94. The number of carboxylic acid groups (broad SMARTS) is 1. The van der Waals surface area contributed by atoms with Crippen molar-refractivity contribution in [2.24, 2.45) is 5.41 Å². The Kier molecular flexibility index (Phi) is 6.15. The van der Waals surface area contributed by atoms with Crippen LogP contribution in [0.1, 0.15) is 40.6 Å². The number of nitrogens with one attached hydrogen (secondary N) is 2. The fourth-order valence-electron chi connectivity index (χ4n) is 3.62. The Hall–Kier alpha value is -3.72. The number of carbonyl (C=O) groups is 3. The van der Waals surface area contributed by atoms with E-state index >= 15 is 0 Å². The Balaban J connectivity index is 1.35. The quantitative estimate of drug-likeness (QED) is 0.478. The van der Waals surface area contributed by atoms with Gasteiger partial charge >= 0.3 is 12.1 Å². The van der Waals surface area contributed by atoms with Gasteiger partial charge in [0.15, 0.2) is 5.13 Å². The zero-order chi connectivity index (χ0) is 23.6. The van der Waals surface area contributed by atoms with E-state index in [9.17, 15) is 14.4 Å². The second-order valence-electron chi connectivity index (χ2n) is 8.35. The molecule has 8 nitrogen and oxygen atoms in total. The fourth-order valence-corrected chi connectivity index (χ4v) is 4.34. The number of rotatable bonds is 7. The zero-order valence-corrected chi connectivity index (χ0v) is 18.9. The third-order valence-electron chi connectivity index (χ3n) is 5.55. The van der Waals surface area contributed by atoms with Gasteiger partial charge in [0.25, 0.3) is 5.91 Å². The summed E-state index contributed by atoms with van der Waals surface area (Å²) in [6.07, 6.45) is 0.664. The smallest absolute Gasteiger partial charge is 0.413 e. The van der Waals surface area contributed by atoms with Crippen LogP contribution in [0.5, 0.6) is 0 Å². The first kappa shape index (κ1) is 22.5. The molecule has 1 aromatic heterocycles. The van der Waals surface area contributed by atoms with E-state index in [0.717, 1.165) is 33.6 Å². The van der Waals surface area contributed by atoms with Crippen LogP contribution < -0.4 is 10.6 Å². The van der Waals surface area contributed by atoms with Crippen LogP contribution in [0.2, 0.25) is 0 Å². The molecule has 0 unspecified atom stereocenters. The SMILES string of the molecule is CC(C)(CNC(=O)c1cnc(NC(=O)OCC2c3ccccc3-c3ccccc32)s1)C(=O)O. The van der Waals surface area contributed by atoms with Gasteiger partial charge in [-0.2, -0.15) is 0 Å². The molecule has 170 valence electrons. The summed E-state index contributed by atoms with van der Waals surface area (Å²) in [5, 5.41) is 14.5. The van der Waals surface area contributed by atoms with Crippen LogP contribution in [0.4, 0.5) is 9.93 Å². The minimum atomic E-state index is -1.09. The lowest BCUT2D eigenvalue weighted by Crippen LogP contribution is -2.38. The molecule has 0 radical (unpaired) electrons. The zero-order valence-electron chi connectivity index (χ0n) is 18.1. The third-order valence-corrected chi connectivity index (χ3v) is 6.46. The Bertz CT molecular complexity index is 1170. The van der Waals surface area contributed by atoms with Crippen LogP contribution in [0, 0.1) is 5.41 Å². The van der Waals surface area contributed by atoms with E-state index in [4.69, 9.17) is 9.84 Å². The number of anilines is 1. The summed E-state index contributed by atoms with van der Waals surface area (Å²) in [4.78, 5) is 40.1. The Morgan fingerprint density at radius 3 is 2.27 bits per heavy atom.